The molecule has 8 nitrogen and oxygen atoms in total. The van der Waals surface area contributed by atoms with Crippen LogP contribution in [0.4, 0.5) is 5.69 Å². The number of para-hydroxylation sites is 1. The largest absolute Gasteiger partial charge is 0.350 e. The van der Waals surface area contributed by atoms with Gasteiger partial charge in [-0.2, -0.15) is 0 Å². The molecule has 0 saturated heterocycles. The molecule has 0 radical (unpaired) electrons. The van der Waals surface area contributed by atoms with Crippen molar-refractivity contribution in [1.29, 1.82) is 0 Å². The van der Waals surface area contributed by atoms with E-state index in [1.807, 2.05) is 13.8 Å². The first-order valence-electron chi connectivity index (χ1n) is 8.61. The Hall–Kier alpha value is -2.46. The lowest BCUT2D eigenvalue weighted by Crippen LogP contribution is -2.31. The van der Waals surface area contributed by atoms with Gasteiger partial charge in [-0.15, -0.1) is 0 Å². The number of hydrogen-bond donors (Lipinski definition) is 2. The normalized spacial score (nSPS) is 11.6. The Morgan fingerprint density at radius 1 is 1.10 bits per heavy atom. The van der Waals surface area contributed by atoms with Gasteiger partial charge in [0, 0.05) is 18.7 Å². The van der Waals surface area contributed by atoms with Crippen LogP contribution in [0, 0.1) is 0 Å². The average Bonchev–Trinajstić information content (AvgIpc) is 2.67. The van der Waals surface area contributed by atoms with Crippen LogP contribution in [0.15, 0.2) is 47.4 Å². The van der Waals surface area contributed by atoms with Crippen molar-refractivity contribution >= 4 is 39.1 Å². The number of sulfonamides is 1. The highest BCUT2D eigenvalue weighted by Crippen LogP contribution is 2.26. The highest BCUT2D eigenvalue weighted by molar-refractivity contribution is 7.89. The number of hydroxylamine groups is 1. The van der Waals surface area contributed by atoms with Gasteiger partial charge in [0.25, 0.3) is 21.8 Å². The number of carbonyl (C=O) groups excluding carboxylic acids is 2. The number of benzene rings is 2. The molecule has 2 aromatic carbocycles. The molecule has 0 atom stereocenters. The number of hydrogen-bond acceptors (Lipinski definition) is 5. The van der Waals surface area contributed by atoms with Crippen LogP contribution in [-0.4, -0.2) is 44.9 Å². The van der Waals surface area contributed by atoms with Gasteiger partial charge in [0.2, 0.25) is 0 Å². The molecule has 0 aliphatic heterocycles. The lowest BCUT2D eigenvalue weighted by Gasteiger charge is -2.16. The minimum Gasteiger partial charge on any atom is -0.350 e. The number of amides is 2. The summed E-state index contributed by atoms with van der Waals surface area (Å²) in [5.74, 6) is -0.931. The average molecular weight is 440 g/mol. The first-order chi connectivity index (χ1) is 13.6. The van der Waals surface area contributed by atoms with Gasteiger partial charge in [-0.1, -0.05) is 28.2 Å². The molecule has 2 rings (SSSR count). The molecule has 0 aliphatic carbocycles. The van der Waals surface area contributed by atoms with E-state index in [2.05, 4.69) is 10.6 Å². The summed E-state index contributed by atoms with van der Waals surface area (Å²) < 4.78 is 25.6. The third kappa shape index (κ3) is 5.33. The summed E-state index contributed by atoms with van der Waals surface area (Å²) in [6.45, 7) is 3.65. The molecule has 0 spiro atoms. The number of carbonyl (C=O) groups is 2. The van der Waals surface area contributed by atoms with Crippen molar-refractivity contribution in [2.75, 3.05) is 19.5 Å². The third-order valence-corrected chi connectivity index (χ3v) is 6.07. The predicted molar refractivity (Wildman–Crippen MR) is 110 cm³/mol. The van der Waals surface area contributed by atoms with E-state index < -0.39 is 15.9 Å². The van der Waals surface area contributed by atoms with Gasteiger partial charge in [-0.3, -0.25) is 14.4 Å². The van der Waals surface area contributed by atoms with E-state index in [9.17, 15) is 18.0 Å². The van der Waals surface area contributed by atoms with E-state index >= 15 is 0 Å². The highest BCUT2D eigenvalue weighted by Gasteiger charge is 2.25. The SMILES string of the molecule is CON(C)S(=O)(=O)c1cc(C(=O)Nc2ccccc2C(=O)NC(C)C)ccc1Cl. The van der Waals surface area contributed by atoms with E-state index in [0.717, 1.165) is 6.07 Å². The second-order valence-electron chi connectivity index (χ2n) is 6.37. The molecule has 0 saturated carbocycles. The molecule has 0 unspecified atom stereocenters. The molecule has 0 aromatic heterocycles. The van der Waals surface area contributed by atoms with Crippen LogP contribution >= 0.6 is 11.6 Å². The maximum atomic E-state index is 12.7. The molecule has 10 heteroatoms. The summed E-state index contributed by atoms with van der Waals surface area (Å²) in [5.41, 5.74) is 0.635. The Kier molecular flexibility index (Phi) is 7.37. The topological polar surface area (TPSA) is 105 Å². The Labute approximate surface area is 174 Å². The molecule has 0 aliphatic rings. The summed E-state index contributed by atoms with van der Waals surface area (Å²) >= 11 is 6.02. The fourth-order valence-corrected chi connectivity index (χ4v) is 3.88. The van der Waals surface area contributed by atoms with Gasteiger partial charge in [0.05, 0.1) is 23.4 Å². The van der Waals surface area contributed by atoms with Crippen molar-refractivity contribution in [2.45, 2.75) is 24.8 Å². The molecular weight excluding hydrogens is 418 g/mol. The van der Waals surface area contributed by atoms with Crippen LogP contribution in [-0.2, 0) is 14.9 Å². The second kappa shape index (κ2) is 9.36. The van der Waals surface area contributed by atoms with E-state index in [1.165, 1.54) is 26.3 Å². The standard InChI is InChI=1S/C19H22ClN3O5S/c1-12(2)21-19(25)14-7-5-6-8-16(14)22-18(24)13-9-10-15(20)17(11-13)29(26,27)23(3)28-4/h5-12H,1-4H3,(H,21,25)(H,22,24). The first-order valence-corrected chi connectivity index (χ1v) is 10.4. The van der Waals surface area contributed by atoms with Crippen molar-refractivity contribution in [2.24, 2.45) is 0 Å². The van der Waals surface area contributed by atoms with Gasteiger partial charge in [-0.25, -0.2) is 8.42 Å². The molecule has 2 aromatic rings. The zero-order valence-corrected chi connectivity index (χ0v) is 18.0. The Morgan fingerprint density at radius 3 is 2.38 bits per heavy atom. The number of anilines is 1. The molecule has 156 valence electrons. The molecule has 0 heterocycles. The minimum atomic E-state index is -4.05. The van der Waals surface area contributed by atoms with E-state index in [1.54, 1.807) is 24.3 Å². The van der Waals surface area contributed by atoms with Crippen LogP contribution in [0.3, 0.4) is 0 Å². The van der Waals surface area contributed by atoms with Crippen LogP contribution in [0.25, 0.3) is 0 Å². The molecule has 0 bridgehead atoms. The Balaban J connectivity index is 2.36. The highest BCUT2D eigenvalue weighted by atomic mass is 35.5. The van der Waals surface area contributed by atoms with Crippen LogP contribution in [0.2, 0.25) is 5.02 Å². The van der Waals surface area contributed by atoms with Gasteiger partial charge >= 0.3 is 0 Å². The number of nitrogens with zero attached hydrogens (tertiary/aromatic N) is 1. The van der Waals surface area contributed by atoms with Crippen molar-refractivity contribution < 1.29 is 22.8 Å². The van der Waals surface area contributed by atoms with Crippen molar-refractivity contribution in [3.63, 3.8) is 0 Å². The molecular formula is C19H22ClN3O5S. The maximum absolute atomic E-state index is 12.7. The molecule has 0 fully saturated rings. The fraction of sp³-hybridized carbons (Fsp3) is 0.263. The van der Waals surface area contributed by atoms with Crippen molar-refractivity contribution in [3.05, 3.63) is 58.6 Å². The fourth-order valence-electron chi connectivity index (χ4n) is 2.40. The number of halogens is 1. The van der Waals surface area contributed by atoms with Crippen molar-refractivity contribution in [3.8, 4) is 0 Å². The summed E-state index contributed by atoms with van der Waals surface area (Å²) in [6, 6.07) is 10.3. The molecule has 2 amide bonds. The monoisotopic (exact) mass is 439 g/mol. The Morgan fingerprint density at radius 2 is 1.76 bits per heavy atom. The van der Waals surface area contributed by atoms with E-state index in [4.69, 9.17) is 16.4 Å². The Bertz CT molecular complexity index is 1020. The number of rotatable bonds is 7. The smallest absolute Gasteiger partial charge is 0.266 e. The zero-order valence-electron chi connectivity index (χ0n) is 16.4. The number of nitrogens with one attached hydrogen (secondary N) is 2. The van der Waals surface area contributed by atoms with E-state index in [0.29, 0.717) is 10.2 Å². The summed E-state index contributed by atoms with van der Waals surface area (Å²) in [6.07, 6.45) is 0. The minimum absolute atomic E-state index is 0.0524. The zero-order chi connectivity index (χ0) is 21.8. The summed E-state index contributed by atoms with van der Waals surface area (Å²) in [7, 11) is -1.64. The van der Waals surface area contributed by atoms with Gasteiger partial charge in [-0.05, 0) is 44.2 Å². The van der Waals surface area contributed by atoms with Crippen molar-refractivity contribution in [1.82, 2.24) is 9.79 Å². The summed E-state index contributed by atoms with van der Waals surface area (Å²) in [5, 5.41) is 5.35. The lowest BCUT2D eigenvalue weighted by molar-refractivity contribution is -0.0258. The lowest BCUT2D eigenvalue weighted by atomic mass is 10.1. The third-order valence-electron chi connectivity index (χ3n) is 3.91. The van der Waals surface area contributed by atoms with Gasteiger partial charge in [0.15, 0.2) is 0 Å². The maximum Gasteiger partial charge on any atom is 0.266 e. The van der Waals surface area contributed by atoms with Gasteiger partial charge < -0.3 is 10.6 Å². The second-order valence-corrected chi connectivity index (χ2v) is 8.68. The van der Waals surface area contributed by atoms with Crippen LogP contribution in [0.1, 0.15) is 34.6 Å². The van der Waals surface area contributed by atoms with Crippen LogP contribution < -0.4 is 10.6 Å². The van der Waals surface area contributed by atoms with E-state index in [-0.39, 0.29) is 33.0 Å². The quantitative estimate of drug-likeness (QED) is 0.645. The summed E-state index contributed by atoms with van der Waals surface area (Å²) in [4.78, 5) is 29.5. The van der Waals surface area contributed by atoms with Crippen LogP contribution in [0.5, 0.6) is 0 Å². The van der Waals surface area contributed by atoms with Gasteiger partial charge in [0.1, 0.15) is 4.90 Å². The molecule has 29 heavy (non-hydrogen) atoms. The first kappa shape index (κ1) is 22.8. The molecule has 2 N–H and O–H groups in total. The predicted octanol–water partition coefficient (Wildman–Crippen LogP) is 2.91.